The maximum atomic E-state index is 11.5. The van der Waals surface area contributed by atoms with Crippen LogP contribution in [0.1, 0.15) is 32.1 Å². The van der Waals surface area contributed by atoms with E-state index in [1.165, 1.54) is 7.11 Å². The minimum absolute atomic E-state index is 0.257. The predicted octanol–water partition coefficient (Wildman–Crippen LogP) is 4.24. The average Bonchev–Trinajstić information content (AvgIpc) is 2.83. The Balaban J connectivity index is 1.51. The number of para-hydroxylation sites is 2. The fraction of sp³-hybridized carbons (Fsp3) is 0.400. The van der Waals surface area contributed by atoms with E-state index in [1.807, 2.05) is 48.5 Å². The molecule has 33 heavy (non-hydrogen) atoms. The highest BCUT2D eigenvalue weighted by Gasteiger charge is 2.26. The molecule has 1 aliphatic carbocycles. The zero-order valence-corrected chi connectivity index (χ0v) is 19.1. The van der Waals surface area contributed by atoms with Crippen LogP contribution in [0.25, 0.3) is 10.9 Å². The third-order valence-electron chi connectivity index (χ3n) is 6.28. The normalized spacial score (nSPS) is 19.1. The Kier molecular flexibility index (Phi) is 7.24. The van der Waals surface area contributed by atoms with Gasteiger partial charge in [-0.3, -0.25) is 4.79 Å². The lowest BCUT2D eigenvalue weighted by Crippen LogP contribution is -2.34. The molecule has 0 saturated heterocycles. The number of hydrogen-bond acceptors (Lipinski definition) is 7. The number of hydrogen-bond donors (Lipinski definition) is 3. The first-order valence-electron chi connectivity index (χ1n) is 11.3. The molecule has 0 bridgehead atoms. The van der Waals surface area contributed by atoms with Crippen LogP contribution in [0.5, 0.6) is 5.75 Å². The van der Waals surface area contributed by atoms with Gasteiger partial charge in [-0.25, -0.2) is 4.98 Å². The summed E-state index contributed by atoms with van der Waals surface area (Å²) < 4.78 is 10.8. The number of nitrogens with two attached hydrogens (primary N) is 1. The number of rotatable bonds is 9. The lowest BCUT2D eigenvalue weighted by molar-refractivity contribution is -0.128. The molecule has 8 heteroatoms. The smallest absolute Gasteiger partial charge is 0.246 e. The molecule has 8 nitrogen and oxygen atoms in total. The van der Waals surface area contributed by atoms with Crippen LogP contribution < -0.4 is 21.1 Å². The van der Waals surface area contributed by atoms with E-state index in [2.05, 4.69) is 10.6 Å². The topological polar surface area (TPSA) is 111 Å². The van der Waals surface area contributed by atoms with Crippen molar-refractivity contribution in [2.75, 3.05) is 24.9 Å². The van der Waals surface area contributed by atoms with Gasteiger partial charge in [0.2, 0.25) is 11.9 Å². The number of aromatic nitrogens is 2. The van der Waals surface area contributed by atoms with Gasteiger partial charge in [-0.1, -0.05) is 24.3 Å². The first-order valence-corrected chi connectivity index (χ1v) is 11.3. The summed E-state index contributed by atoms with van der Waals surface area (Å²) in [5, 5.41) is 7.83. The summed E-state index contributed by atoms with van der Waals surface area (Å²) >= 11 is 0. The minimum Gasteiger partial charge on any atom is -0.494 e. The fourth-order valence-electron chi connectivity index (χ4n) is 4.46. The molecule has 1 saturated carbocycles. The Morgan fingerprint density at radius 1 is 1.06 bits per heavy atom. The van der Waals surface area contributed by atoms with Crippen LogP contribution in [0.3, 0.4) is 0 Å². The van der Waals surface area contributed by atoms with Gasteiger partial charge in [-0.05, 0) is 62.3 Å². The minimum atomic E-state index is -0.512. The van der Waals surface area contributed by atoms with Crippen LogP contribution in [0.15, 0.2) is 48.5 Å². The number of carbonyl (C=O) groups excluding carboxylic acids is 1. The zero-order chi connectivity index (χ0) is 23.2. The van der Waals surface area contributed by atoms with Crippen molar-refractivity contribution >= 4 is 34.3 Å². The quantitative estimate of drug-likeness (QED) is 0.448. The molecule has 4 rings (SSSR count). The Bertz CT molecular complexity index is 1080. The van der Waals surface area contributed by atoms with Crippen molar-refractivity contribution in [1.82, 2.24) is 9.97 Å². The standard InChI is InChI=1S/C25H31N5O3/c1-32-20-10-6-9-19-22(20)29-25(30-24(19)27-17-7-4-3-5-8-17)28-18-13-11-16(12-14-18)15-21(33-2)23(26)31/h3-10,16,18,21H,11-15H2,1-2H3,(H2,26,31)(H2,27,28,29,30)/t16-,18-,21?. The molecule has 174 valence electrons. The Morgan fingerprint density at radius 3 is 2.48 bits per heavy atom. The number of anilines is 3. The zero-order valence-electron chi connectivity index (χ0n) is 19.1. The second-order valence-electron chi connectivity index (χ2n) is 8.47. The Hall–Kier alpha value is -3.39. The molecule has 0 spiro atoms. The summed E-state index contributed by atoms with van der Waals surface area (Å²) in [7, 11) is 3.18. The Labute approximate surface area is 193 Å². The molecule has 3 aromatic rings. The van der Waals surface area contributed by atoms with E-state index < -0.39 is 12.0 Å². The number of carbonyl (C=O) groups is 1. The van der Waals surface area contributed by atoms with Crippen molar-refractivity contribution < 1.29 is 14.3 Å². The summed E-state index contributed by atoms with van der Waals surface area (Å²) in [6, 6.07) is 16.0. The third-order valence-corrected chi connectivity index (χ3v) is 6.28. The summed E-state index contributed by atoms with van der Waals surface area (Å²) in [5.74, 6) is 2.03. The van der Waals surface area contributed by atoms with Crippen molar-refractivity contribution in [2.45, 2.75) is 44.2 Å². The van der Waals surface area contributed by atoms with E-state index in [0.29, 0.717) is 24.0 Å². The average molecular weight is 450 g/mol. The Morgan fingerprint density at radius 2 is 1.82 bits per heavy atom. The molecule has 4 N–H and O–H groups in total. The lowest BCUT2D eigenvalue weighted by Gasteiger charge is -2.30. The highest BCUT2D eigenvalue weighted by atomic mass is 16.5. The molecule has 1 fully saturated rings. The first-order chi connectivity index (χ1) is 16.1. The first kappa shape index (κ1) is 22.8. The van der Waals surface area contributed by atoms with Gasteiger partial charge in [0.1, 0.15) is 23.2 Å². The molecule has 1 aromatic heterocycles. The monoisotopic (exact) mass is 449 g/mol. The van der Waals surface area contributed by atoms with Crippen molar-refractivity contribution in [3.05, 3.63) is 48.5 Å². The van der Waals surface area contributed by atoms with Crippen LogP contribution in [0, 0.1) is 5.92 Å². The van der Waals surface area contributed by atoms with Gasteiger partial charge in [0.15, 0.2) is 0 Å². The van der Waals surface area contributed by atoms with E-state index in [9.17, 15) is 4.79 Å². The molecular weight excluding hydrogens is 418 g/mol. The lowest BCUT2D eigenvalue weighted by atomic mass is 9.82. The number of ether oxygens (including phenoxy) is 2. The summed E-state index contributed by atoms with van der Waals surface area (Å²) in [6.45, 7) is 0. The number of amides is 1. The van der Waals surface area contributed by atoms with Crippen LogP contribution in [-0.4, -0.2) is 42.2 Å². The summed E-state index contributed by atoms with van der Waals surface area (Å²) in [6.07, 6.45) is 4.09. The van der Waals surface area contributed by atoms with Gasteiger partial charge in [0.05, 0.1) is 7.11 Å². The highest BCUT2D eigenvalue weighted by molar-refractivity contribution is 5.95. The number of primary amides is 1. The summed E-state index contributed by atoms with van der Waals surface area (Å²) in [4.78, 5) is 21.1. The molecule has 1 heterocycles. The van der Waals surface area contributed by atoms with Crippen LogP contribution in [0.2, 0.25) is 0 Å². The van der Waals surface area contributed by atoms with Gasteiger partial charge >= 0.3 is 0 Å². The largest absolute Gasteiger partial charge is 0.494 e. The van der Waals surface area contributed by atoms with Crippen molar-refractivity contribution in [3.8, 4) is 5.75 Å². The van der Waals surface area contributed by atoms with Crippen LogP contribution in [0.4, 0.5) is 17.5 Å². The van der Waals surface area contributed by atoms with Crippen LogP contribution in [-0.2, 0) is 9.53 Å². The highest BCUT2D eigenvalue weighted by Crippen LogP contribution is 2.33. The second kappa shape index (κ2) is 10.5. The summed E-state index contributed by atoms with van der Waals surface area (Å²) in [5.41, 5.74) is 7.13. The van der Waals surface area contributed by atoms with Gasteiger partial charge in [-0.2, -0.15) is 4.98 Å². The molecule has 2 aromatic carbocycles. The van der Waals surface area contributed by atoms with Gasteiger partial charge in [0, 0.05) is 24.2 Å². The molecule has 1 amide bonds. The van der Waals surface area contributed by atoms with Crippen molar-refractivity contribution in [1.29, 1.82) is 0 Å². The van der Waals surface area contributed by atoms with E-state index in [0.717, 1.165) is 48.1 Å². The van der Waals surface area contributed by atoms with E-state index in [4.69, 9.17) is 25.2 Å². The molecule has 1 atom stereocenters. The number of benzene rings is 2. The van der Waals surface area contributed by atoms with Crippen molar-refractivity contribution in [3.63, 3.8) is 0 Å². The van der Waals surface area contributed by atoms with Crippen molar-refractivity contribution in [2.24, 2.45) is 11.7 Å². The van der Waals surface area contributed by atoms with E-state index in [-0.39, 0.29) is 6.04 Å². The maximum Gasteiger partial charge on any atom is 0.246 e. The second-order valence-corrected chi connectivity index (χ2v) is 8.47. The molecule has 1 unspecified atom stereocenters. The molecule has 0 radical (unpaired) electrons. The number of fused-ring (bicyclic) bond motifs is 1. The van der Waals surface area contributed by atoms with Gasteiger partial charge in [-0.15, -0.1) is 0 Å². The van der Waals surface area contributed by atoms with E-state index in [1.54, 1.807) is 7.11 Å². The SMILES string of the molecule is COc1cccc2c(Nc3ccccc3)nc(N[C@H]3CC[C@H](CC(OC)C(N)=O)CC3)nc12. The molecule has 0 aliphatic heterocycles. The molecule has 1 aliphatic rings. The number of nitrogens with one attached hydrogen (secondary N) is 2. The van der Waals surface area contributed by atoms with Gasteiger partial charge in [0.25, 0.3) is 0 Å². The fourth-order valence-corrected chi connectivity index (χ4v) is 4.46. The maximum absolute atomic E-state index is 11.5. The van der Waals surface area contributed by atoms with Crippen LogP contribution >= 0.6 is 0 Å². The third kappa shape index (κ3) is 5.51. The molecular formula is C25H31N5O3. The predicted molar refractivity (Wildman–Crippen MR) is 130 cm³/mol. The van der Waals surface area contributed by atoms with E-state index >= 15 is 0 Å². The number of nitrogens with zero attached hydrogens (tertiary/aromatic N) is 2. The number of methoxy groups -OCH3 is 2. The van der Waals surface area contributed by atoms with Gasteiger partial charge < -0.3 is 25.8 Å².